The number of para-hydroxylation sites is 1. The van der Waals surface area contributed by atoms with Gasteiger partial charge in [0.15, 0.2) is 5.96 Å². The number of benzene rings is 1. The summed E-state index contributed by atoms with van der Waals surface area (Å²) in [6, 6.07) is 7.48. The maximum Gasteiger partial charge on any atom is 0.191 e. The maximum atomic E-state index is 6.13. The monoisotopic (exact) mass is 397 g/mol. The fraction of sp³-hybridized carbons (Fsp3) is 0.650. The predicted molar refractivity (Wildman–Crippen MR) is 110 cm³/mol. The van der Waals surface area contributed by atoms with Crippen LogP contribution in [-0.4, -0.2) is 58.1 Å². The molecular weight excluding hydrogens is 366 g/mol. The van der Waals surface area contributed by atoms with Crippen molar-refractivity contribution in [2.75, 3.05) is 46.1 Å². The van der Waals surface area contributed by atoms with E-state index in [2.05, 4.69) is 15.6 Å². The van der Waals surface area contributed by atoms with Crippen molar-refractivity contribution in [3.05, 3.63) is 29.3 Å². The number of hydrogen-bond donors (Lipinski definition) is 2. The van der Waals surface area contributed by atoms with Gasteiger partial charge in [0, 0.05) is 32.2 Å². The summed E-state index contributed by atoms with van der Waals surface area (Å²) < 4.78 is 16.9. The van der Waals surface area contributed by atoms with E-state index in [1.54, 1.807) is 0 Å². The lowest BCUT2D eigenvalue weighted by molar-refractivity contribution is 0.0888. The number of aliphatic imine (C=N–C) groups is 1. The number of halogens is 1. The molecular formula is C20H32ClN3O3. The van der Waals surface area contributed by atoms with Crippen molar-refractivity contribution in [3.63, 3.8) is 0 Å². The first-order valence-electron chi connectivity index (χ1n) is 9.78. The zero-order valence-corrected chi connectivity index (χ0v) is 17.1. The Bertz CT molecular complexity index is 565. The van der Waals surface area contributed by atoms with E-state index in [1.165, 1.54) is 0 Å². The van der Waals surface area contributed by atoms with Crippen LogP contribution in [0.2, 0.25) is 5.02 Å². The van der Waals surface area contributed by atoms with Crippen molar-refractivity contribution >= 4 is 17.6 Å². The average Bonchev–Trinajstić information content (AvgIpc) is 3.18. The normalized spacial score (nSPS) is 18.3. The Morgan fingerprint density at radius 3 is 2.96 bits per heavy atom. The van der Waals surface area contributed by atoms with E-state index in [9.17, 15) is 0 Å². The van der Waals surface area contributed by atoms with E-state index in [4.69, 9.17) is 25.8 Å². The number of nitrogens with zero attached hydrogens (tertiary/aromatic N) is 1. The summed E-state index contributed by atoms with van der Waals surface area (Å²) in [5.74, 6) is 2.04. The third-order valence-corrected chi connectivity index (χ3v) is 4.46. The van der Waals surface area contributed by atoms with Crippen molar-refractivity contribution < 1.29 is 14.2 Å². The van der Waals surface area contributed by atoms with Crippen LogP contribution in [0.15, 0.2) is 29.3 Å². The topological polar surface area (TPSA) is 64.1 Å². The minimum absolute atomic E-state index is 0.0719. The van der Waals surface area contributed by atoms with Crippen molar-refractivity contribution in [2.24, 2.45) is 10.9 Å². The second-order valence-electron chi connectivity index (χ2n) is 6.66. The molecule has 1 aliphatic rings. The van der Waals surface area contributed by atoms with E-state index in [0.29, 0.717) is 23.2 Å². The Hall–Kier alpha value is -1.50. The van der Waals surface area contributed by atoms with Gasteiger partial charge in [-0.15, -0.1) is 0 Å². The van der Waals surface area contributed by atoms with Crippen LogP contribution in [0.25, 0.3) is 0 Å². The summed E-state index contributed by atoms with van der Waals surface area (Å²) in [4.78, 5) is 4.59. The molecule has 0 aromatic heterocycles. The Balaban J connectivity index is 1.64. The Labute approximate surface area is 167 Å². The fourth-order valence-electron chi connectivity index (χ4n) is 2.70. The van der Waals surface area contributed by atoms with Crippen LogP contribution < -0.4 is 15.4 Å². The summed E-state index contributed by atoms with van der Waals surface area (Å²) in [6.07, 6.45) is 1.98. The summed E-state index contributed by atoms with van der Waals surface area (Å²) in [7, 11) is 0. The smallest absolute Gasteiger partial charge is 0.191 e. The summed E-state index contributed by atoms with van der Waals surface area (Å²) in [5, 5.41) is 7.19. The van der Waals surface area contributed by atoms with E-state index in [1.807, 2.05) is 38.1 Å². The molecule has 0 spiro atoms. The third-order valence-electron chi connectivity index (χ3n) is 4.15. The first-order valence-corrected chi connectivity index (χ1v) is 10.2. The molecule has 6 nitrogen and oxygen atoms in total. The lowest BCUT2D eigenvalue weighted by Crippen LogP contribution is -2.38. The molecule has 7 heteroatoms. The third kappa shape index (κ3) is 8.82. The van der Waals surface area contributed by atoms with E-state index >= 15 is 0 Å². The van der Waals surface area contributed by atoms with Gasteiger partial charge in [0.1, 0.15) is 11.9 Å². The molecule has 2 N–H and O–H groups in total. The lowest BCUT2D eigenvalue weighted by Gasteiger charge is -2.16. The molecule has 0 amide bonds. The summed E-state index contributed by atoms with van der Waals surface area (Å²) >= 11 is 6.13. The zero-order chi connectivity index (χ0) is 19.3. The van der Waals surface area contributed by atoms with E-state index in [0.717, 1.165) is 58.3 Å². The van der Waals surface area contributed by atoms with E-state index < -0.39 is 0 Å². The Morgan fingerprint density at radius 2 is 2.22 bits per heavy atom. The number of nitrogens with one attached hydrogen (secondary N) is 2. The number of rotatable bonds is 11. The first-order chi connectivity index (χ1) is 13.2. The van der Waals surface area contributed by atoms with Gasteiger partial charge in [-0.3, -0.25) is 0 Å². The molecule has 2 rings (SSSR count). The molecule has 0 saturated carbocycles. The van der Waals surface area contributed by atoms with Crippen LogP contribution in [0.5, 0.6) is 5.75 Å². The molecule has 1 fully saturated rings. The molecule has 0 aliphatic carbocycles. The molecule has 1 heterocycles. The average molecular weight is 398 g/mol. The molecule has 1 aromatic carbocycles. The first kappa shape index (κ1) is 21.8. The van der Waals surface area contributed by atoms with Gasteiger partial charge in [-0.25, -0.2) is 4.99 Å². The van der Waals surface area contributed by atoms with Crippen LogP contribution in [0, 0.1) is 5.92 Å². The van der Waals surface area contributed by atoms with Gasteiger partial charge in [0.2, 0.25) is 0 Å². The quantitative estimate of drug-likeness (QED) is 0.341. The molecule has 152 valence electrons. The van der Waals surface area contributed by atoms with Crippen molar-refractivity contribution in [2.45, 2.75) is 32.8 Å². The van der Waals surface area contributed by atoms with Gasteiger partial charge in [-0.05, 0) is 38.8 Å². The predicted octanol–water partition coefficient (Wildman–Crippen LogP) is 3.11. The molecule has 2 unspecified atom stereocenters. The lowest BCUT2D eigenvalue weighted by atomic mass is 10.1. The van der Waals surface area contributed by atoms with Gasteiger partial charge in [-0.2, -0.15) is 0 Å². The Morgan fingerprint density at radius 1 is 1.37 bits per heavy atom. The molecule has 1 aromatic rings. The molecule has 0 radical (unpaired) electrons. The highest BCUT2D eigenvalue weighted by Crippen LogP contribution is 2.24. The number of ether oxygens (including phenoxy) is 3. The summed E-state index contributed by atoms with van der Waals surface area (Å²) in [6.45, 7) is 9.44. The van der Waals surface area contributed by atoms with Crippen molar-refractivity contribution in [1.29, 1.82) is 0 Å². The standard InChI is InChI=1S/C20H32ClN3O3/c1-3-22-20(23-10-6-11-25-14-17-9-12-26-15-17)24-13-16(2)27-19-8-5-4-7-18(19)21/h4-5,7-8,16-17H,3,6,9-15H2,1-2H3,(H2,22,23,24). The molecule has 1 saturated heterocycles. The van der Waals surface area contributed by atoms with Crippen molar-refractivity contribution in [3.8, 4) is 5.75 Å². The van der Waals surface area contributed by atoms with Crippen molar-refractivity contribution in [1.82, 2.24) is 10.6 Å². The number of guanidine groups is 1. The number of hydrogen-bond acceptors (Lipinski definition) is 4. The highest BCUT2D eigenvalue weighted by molar-refractivity contribution is 6.32. The largest absolute Gasteiger partial charge is 0.487 e. The van der Waals surface area contributed by atoms with Crippen LogP contribution in [0.3, 0.4) is 0 Å². The molecule has 27 heavy (non-hydrogen) atoms. The molecule has 2 atom stereocenters. The van der Waals surface area contributed by atoms with E-state index in [-0.39, 0.29) is 6.10 Å². The fourth-order valence-corrected chi connectivity index (χ4v) is 2.88. The highest BCUT2D eigenvalue weighted by atomic mass is 35.5. The second kappa shape index (κ2) is 12.8. The molecule has 1 aliphatic heterocycles. The minimum atomic E-state index is -0.0719. The Kier molecular flexibility index (Phi) is 10.3. The van der Waals surface area contributed by atoms with Crippen LogP contribution in [-0.2, 0) is 9.47 Å². The minimum Gasteiger partial charge on any atom is -0.487 e. The SMILES string of the molecule is CCNC(=NCC(C)Oc1ccccc1Cl)NCCCOCC1CCOC1. The summed E-state index contributed by atoms with van der Waals surface area (Å²) in [5.41, 5.74) is 0. The second-order valence-corrected chi connectivity index (χ2v) is 7.07. The maximum absolute atomic E-state index is 6.13. The van der Waals surface area contributed by atoms with Crippen LogP contribution >= 0.6 is 11.6 Å². The van der Waals surface area contributed by atoms with Crippen LogP contribution in [0.1, 0.15) is 26.7 Å². The van der Waals surface area contributed by atoms with Gasteiger partial charge in [0.05, 0.1) is 24.8 Å². The van der Waals surface area contributed by atoms with Gasteiger partial charge in [0.25, 0.3) is 0 Å². The highest BCUT2D eigenvalue weighted by Gasteiger charge is 2.15. The van der Waals surface area contributed by atoms with Crippen LogP contribution in [0.4, 0.5) is 0 Å². The van der Waals surface area contributed by atoms with Gasteiger partial charge < -0.3 is 24.8 Å². The van der Waals surface area contributed by atoms with Gasteiger partial charge >= 0.3 is 0 Å². The zero-order valence-electron chi connectivity index (χ0n) is 16.4. The molecule has 0 bridgehead atoms. The van der Waals surface area contributed by atoms with Gasteiger partial charge in [-0.1, -0.05) is 23.7 Å².